The number of hydrogen-bond donors (Lipinski definition) is 1. The normalized spacial score (nSPS) is 10.3. The molecule has 0 bridgehead atoms. The van der Waals surface area contributed by atoms with Gasteiger partial charge < -0.3 is 14.6 Å². The summed E-state index contributed by atoms with van der Waals surface area (Å²) >= 11 is 0. The van der Waals surface area contributed by atoms with Crippen LogP contribution < -0.4 is 4.74 Å². The maximum atomic E-state index is 8.66. The molecule has 0 saturated carbocycles. The minimum Gasteiger partial charge on any atom is -0.478 e. The summed E-state index contributed by atoms with van der Waals surface area (Å²) in [6.07, 6.45) is 5.37. The third-order valence-electron chi connectivity index (χ3n) is 2.67. The van der Waals surface area contributed by atoms with Crippen LogP contribution in [0.15, 0.2) is 18.3 Å². The molecule has 0 aliphatic carbocycles. The van der Waals surface area contributed by atoms with Crippen LogP contribution in [0.5, 0.6) is 5.88 Å². The van der Waals surface area contributed by atoms with Gasteiger partial charge in [-0.15, -0.1) is 0 Å². The van der Waals surface area contributed by atoms with Crippen LogP contribution in [0.1, 0.15) is 45.1 Å². The highest BCUT2D eigenvalue weighted by Gasteiger charge is 1.97. The Balaban J connectivity index is 2.23. The summed E-state index contributed by atoms with van der Waals surface area (Å²) in [6.45, 7) is 5.58. The second-order valence-corrected chi connectivity index (χ2v) is 4.99. The lowest BCUT2D eigenvalue weighted by molar-refractivity contribution is 0.0691. The van der Waals surface area contributed by atoms with Crippen molar-refractivity contribution in [2.24, 2.45) is 0 Å². The van der Waals surface area contributed by atoms with E-state index < -0.39 is 0 Å². The van der Waals surface area contributed by atoms with Crippen molar-refractivity contribution in [1.29, 1.82) is 0 Å². The number of unbranched alkanes of at least 4 members (excludes halogenated alkanes) is 2. The molecule has 0 atom stereocenters. The molecule has 0 aliphatic rings. The molecular weight excluding hydrogens is 266 g/mol. The average Bonchev–Trinajstić information content (AvgIpc) is 2.48. The molecule has 0 amide bonds. The second-order valence-electron chi connectivity index (χ2n) is 4.99. The predicted molar refractivity (Wildman–Crippen MR) is 83.3 cm³/mol. The van der Waals surface area contributed by atoms with Crippen molar-refractivity contribution in [3.63, 3.8) is 0 Å². The van der Waals surface area contributed by atoms with Crippen LogP contribution in [0, 0.1) is 11.8 Å². The van der Waals surface area contributed by atoms with Crippen molar-refractivity contribution < 1.29 is 14.6 Å². The van der Waals surface area contributed by atoms with E-state index in [1.807, 2.05) is 26.0 Å². The molecule has 0 fully saturated rings. The zero-order valence-electron chi connectivity index (χ0n) is 13.0. The van der Waals surface area contributed by atoms with Gasteiger partial charge in [0.05, 0.1) is 19.3 Å². The summed E-state index contributed by atoms with van der Waals surface area (Å²) in [5.74, 6) is 6.73. The summed E-state index contributed by atoms with van der Waals surface area (Å²) in [6, 6.07) is 3.74. The lowest BCUT2D eigenvalue weighted by Gasteiger charge is -2.08. The van der Waals surface area contributed by atoms with E-state index in [0.717, 1.165) is 31.2 Å². The van der Waals surface area contributed by atoms with Crippen molar-refractivity contribution in [3.05, 3.63) is 23.9 Å². The smallest absolute Gasteiger partial charge is 0.213 e. The maximum absolute atomic E-state index is 8.66. The number of aliphatic hydroxyl groups is 1. The van der Waals surface area contributed by atoms with E-state index in [2.05, 4.69) is 16.8 Å². The van der Waals surface area contributed by atoms with Gasteiger partial charge in [0, 0.05) is 37.3 Å². The molecule has 0 aromatic carbocycles. The van der Waals surface area contributed by atoms with Gasteiger partial charge >= 0.3 is 0 Å². The largest absolute Gasteiger partial charge is 0.478 e. The minimum absolute atomic E-state index is 0.234. The third-order valence-corrected chi connectivity index (χ3v) is 2.67. The van der Waals surface area contributed by atoms with Gasteiger partial charge in [-0.05, 0) is 32.8 Å². The van der Waals surface area contributed by atoms with Crippen LogP contribution in [-0.2, 0) is 4.74 Å². The molecule has 1 N–H and O–H groups in total. The standard InChI is InChI=1S/C17H25NO3/c1-15(2)20-12-7-13-21-17-10-9-16(14-18-17)8-5-3-4-6-11-19/h9-10,14-15,19H,3-4,6-7,11-13H2,1-2H3. The Labute approximate surface area is 127 Å². The highest BCUT2D eigenvalue weighted by atomic mass is 16.5. The van der Waals surface area contributed by atoms with Crippen LogP contribution >= 0.6 is 0 Å². The predicted octanol–water partition coefficient (Wildman–Crippen LogP) is 2.79. The SMILES string of the molecule is CC(C)OCCCOc1ccc(C#CCCCCO)cn1. The first-order valence-corrected chi connectivity index (χ1v) is 7.52. The number of ether oxygens (including phenoxy) is 2. The van der Waals surface area contributed by atoms with E-state index in [9.17, 15) is 0 Å². The highest BCUT2D eigenvalue weighted by molar-refractivity contribution is 5.33. The lowest BCUT2D eigenvalue weighted by Crippen LogP contribution is -2.08. The molecule has 21 heavy (non-hydrogen) atoms. The van der Waals surface area contributed by atoms with Crippen LogP contribution in [0.3, 0.4) is 0 Å². The van der Waals surface area contributed by atoms with Gasteiger partial charge in [0.15, 0.2) is 0 Å². The molecule has 0 spiro atoms. The Morgan fingerprint density at radius 1 is 1.19 bits per heavy atom. The summed E-state index contributed by atoms with van der Waals surface area (Å²) in [5.41, 5.74) is 0.884. The first-order chi connectivity index (χ1) is 10.2. The number of nitrogens with zero attached hydrogens (tertiary/aromatic N) is 1. The Hall–Kier alpha value is -1.57. The molecule has 4 nitrogen and oxygen atoms in total. The molecule has 1 aromatic heterocycles. The van der Waals surface area contributed by atoms with Crippen molar-refractivity contribution in [2.75, 3.05) is 19.8 Å². The molecule has 1 heterocycles. The number of aliphatic hydroxyl groups excluding tert-OH is 1. The lowest BCUT2D eigenvalue weighted by atomic mass is 10.2. The molecule has 0 radical (unpaired) electrons. The van der Waals surface area contributed by atoms with Gasteiger partial charge in [-0.3, -0.25) is 0 Å². The highest BCUT2D eigenvalue weighted by Crippen LogP contribution is 2.07. The van der Waals surface area contributed by atoms with Crippen LogP contribution in [0.25, 0.3) is 0 Å². The molecule has 0 saturated heterocycles. The van der Waals surface area contributed by atoms with E-state index in [1.54, 1.807) is 6.20 Å². The van der Waals surface area contributed by atoms with Gasteiger partial charge in [0.2, 0.25) is 5.88 Å². The minimum atomic E-state index is 0.234. The topological polar surface area (TPSA) is 51.6 Å². The van der Waals surface area contributed by atoms with E-state index in [1.165, 1.54) is 0 Å². The fourth-order valence-electron chi connectivity index (χ4n) is 1.58. The Morgan fingerprint density at radius 3 is 2.71 bits per heavy atom. The van der Waals surface area contributed by atoms with Crippen molar-refractivity contribution in [1.82, 2.24) is 4.98 Å². The van der Waals surface area contributed by atoms with E-state index >= 15 is 0 Å². The van der Waals surface area contributed by atoms with E-state index in [0.29, 0.717) is 19.1 Å². The van der Waals surface area contributed by atoms with Crippen LogP contribution in [0.4, 0.5) is 0 Å². The molecule has 0 aliphatic heterocycles. The first kappa shape index (κ1) is 17.5. The van der Waals surface area contributed by atoms with E-state index in [-0.39, 0.29) is 12.7 Å². The zero-order valence-corrected chi connectivity index (χ0v) is 13.0. The second kappa shape index (κ2) is 11.1. The molecule has 116 valence electrons. The Bertz CT molecular complexity index is 432. The van der Waals surface area contributed by atoms with Crippen LogP contribution in [0.2, 0.25) is 0 Å². The number of hydrogen-bond acceptors (Lipinski definition) is 4. The fraction of sp³-hybridized carbons (Fsp3) is 0.588. The number of rotatable bonds is 9. The van der Waals surface area contributed by atoms with Crippen molar-refractivity contribution in [3.8, 4) is 17.7 Å². The van der Waals surface area contributed by atoms with Crippen molar-refractivity contribution in [2.45, 2.75) is 45.6 Å². The summed E-state index contributed by atoms with van der Waals surface area (Å²) in [5, 5.41) is 8.66. The van der Waals surface area contributed by atoms with Crippen molar-refractivity contribution >= 4 is 0 Å². The average molecular weight is 291 g/mol. The number of aromatic nitrogens is 1. The van der Waals surface area contributed by atoms with E-state index in [4.69, 9.17) is 14.6 Å². The van der Waals surface area contributed by atoms with Gasteiger partial charge in [-0.2, -0.15) is 0 Å². The fourth-order valence-corrected chi connectivity index (χ4v) is 1.58. The van der Waals surface area contributed by atoms with Gasteiger partial charge in [0.1, 0.15) is 0 Å². The molecule has 4 heteroatoms. The van der Waals surface area contributed by atoms with Gasteiger partial charge in [-0.1, -0.05) is 11.8 Å². The Kier molecular flexibility index (Phi) is 9.26. The zero-order chi connectivity index (χ0) is 15.3. The molecule has 1 rings (SSSR count). The van der Waals surface area contributed by atoms with Gasteiger partial charge in [0.25, 0.3) is 0 Å². The van der Waals surface area contributed by atoms with Gasteiger partial charge in [-0.25, -0.2) is 4.98 Å². The summed E-state index contributed by atoms with van der Waals surface area (Å²) < 4.78 is 11.0. The maximum Gasteiger partial charge on any atom is 0.213 e. The monoisotopic (exact) mass is 291 g/mol. The Morgan fingerprint density at radius 2 is 2.05 bits per heavy atom. The molecule has 0 unspecified atom stereocenters. The molecule has 1 aromatic rings. The van der Waals surface area contributed by atoms with Crippen LogP contribution in [-0.4, -0.2) is 36.0 Å². The number of pyridine rings is 1. The first-order valence-electron chi connectivity index (χ1n) is 7.52. The third kappa shape index (κ3) is 9.06. The molecular formula is C17H25NO3. The summed E-state index contributed by atoms with van der Waals surface area (Å²) in [4.78, 5) is 4.22. The quantitative estimate of drug-likeness (QED) is 0.561. The summed E-state index contributed by atoms with van der Waals surface area (Å²) in [7, 11) is 0.